The Balaban J connectivity index is 1.52. The van der Waals surface area contributed by atoms with Gasteiger partial charge in [0.25, 0.3) is 5.69 Å². The van der Waals surface area contributed by atoms with Crippen molar-refractivity contribution in [1.82, 2.24) is 14.7 Å². The molecule has 0 atom stereocenters. The van der Waals surface area contributed by atoms with E-state index in [2.05, 4.69) is 15.3 Å². The summed E-state index contributed by atoms with van der Waals surface area (Å²) in [4.78, 5) is 30.8. The number of anilines is 1. The van der Waals surface area contributed by atoms with Gasteiger partial charge in [-0.15, -0.1) is 0 Å². The van der Waals surface area contributed by atoms with Crippen LogP contribution in [0, 0.1) is 10.1 Å². The molecule has 4 rings (SSSR count). The van der Waals surface area contributed by atoms with Gasteiger partial charge in [-0.2, -0.15) is 4.73 Å². The minimum atomic E-state index is -0.535. The predicted molar refractivity (Wildman–Crippen MR) is 111 cm³/mol. The van der Waals surface area contributed by atoms with Crippen LogP contribution in [0.1, 0.15) is 5.56 Å². The smallest absolute Gasteiger partial charge is 0.271 e. The van der Waals surface area contributed by atoms with Gasteiger partial charge in [0.1, 0.15) is 5.52 Å². The maximum absolute atomic E-state index is 12.1. The number of carbonyl (C=O) groups excluding carboxylic acids is 1. The molecule has 9 heteroatoms. The van der Waals surface area contributed by atoms with Crippen molar-refractivity contribution in [1.29, 1.82) is 0 Å². The van der Waals surface area contributed by atoms with Crippen LogP contribution in [0.3, 0.4) is 0 Å². The second-order valence-electron chi connectivity index (χ2n) is 6.36. The Labute approximate surface area is 170 Å². The van der Waals surface area contributed by atoms with Gasteiger partial charge in [-0.25, -0.2) is 4.98 Å². The van der Waals surface area contributed by atoms with Crippen LogP contribution >= 0.6 is 0 Å². The van der Waals surface area contributed by atoms with E-state index in [1.165, 1.54) is 24.3 Å². The van der Waals surface area contributed by atoms with Crippen LogP contribution in [0.5, 0.6) is 0 Å². The van der Waals surface area contributed by atoms with Gasteiger partial charge in [0.2, 0.25) is 5.91 Å². The Hall–Kier alpha value is -4.53. The number of fused-ring (bicyclic) bond motifs is 1. The number of rotatable bonds is 5. The highest BCUT2D eigenvalue weighted by Gasteiger charge is 2.15. The van der Waals surface area contributed by atoms with Gasteiger partial charge in [0, 0.05) is 41.9 Å². The number of hydrogen-bond donors (Lipinski definition) is 2. The number of hydrogen-bond acceptors (Lipinski definition) is 6. The molecule has 0 radical (unpaired) electrons. The first kappa shape index (κ1) is 18.8. The zero-order chi connectivity index (χ0) is 21.1. The molecule has 0 fully saturated rings. The molecule has 2 heterocycles. The maximum atomic E-state index is 12.1. The lowest BCUT2D eigenvalue weighted by molar-refractivity contribution is -0.384. The summed E-state index contributed by atoms with van der Waals surface area (Å²) in [6, 6.07) is 14.4. The number of nitro groups is 1. The van der Waals surface area contributed by atoms with Crippen molar-refractivity contribution in [2.24, 2.45) is 0 Å². The van der Waals surface area contributed by atoms with Gasteiger partial charge < -0.3 is 10.5 Å². The third-order valence-corrected chi connectivity index (χ3v) is 4.35. The molecule has 4 aromatic rings. The number of pyridine rings is 1. The predicted octanol–water partition coefficient (Wildman–Crippen LogP) is 3.90. The van der Waals surface area contributed by atoms with Gasteiger partial charge in [-0.1, -0.05) is 6.07 Å². The van der Waals surface area contributed by atoms with Crippen molar-refractivity contribution < 1.29 is 14.9 Å². The zero-order valence-corrected chi connectivity index (χ0v) is 15.5. The Bertz CT molecular complexity index is 1260. The van der Waals surface area contributed by atoms with Crippen LogP contribution in [0.15, 0.2) is 73.1 Å². The summed E-state index contributed by atoms with van der Waals surface area (Å²) < 4.78 is 0.812. The Kier molecular flexibility index (Phi) is 4.92. The standard InChI is InChI=1S/C21H15N5O4/c27-20(10-3-14-2-1-11-22-13-14)23-16-6-4-15(5-7-16)21-24-18-9-8-17(26(29)30)12-19(18)25(21)28/h1-13,28H,(H,23,27)/b10-3+. The Morgan fingerprint density at radius 1 is 1.17 bits per heavy atom. The minimum absolute atomic E-state index is 0.137. The molecular weight excluding hydrogens is 386 g/mol. The van der Waals surface area contributed by atoms with E-state index in [-0.39, 0.29) is 22.9 Å². The van der Waals surface area contributed by atoms with Crippen LogP contribution in [-0.4, -0.2) is 30.7 Å². The van der Waals surface area contributed by atoms with Gasteiger partial charge in [-0.3, -0.25) is 19.9 Å². The van der Waals surface area contributed by atoms with Crippen LogP contribution in [0.4, 0.5) is 11.4 Å². The average molecular weight is 401 g/mol. The van der Waals surface area contributed by atoms with Gasteiger partial charge in [0.05, 0.1) is 10.4 Å². The maximum Gasteiger partial charge on any atom is 0.271 e. The summed E-state index contributed by atoms with van der Waals surface area (Å²) >= 11 is 0. The highest BCUT2D eigenvalue weighted by Crippen LogP contribution is 2.27. The lowest BCUT2D eigenvalue weighted by Gasteiger charge is -2.05. The van der Waals surface area contributed by atoms with Crippen molar-refractivity contribution in [3.05, 3.63) is 88.7 Å². The number of nitrogens with one attached hydrogen (secondary N) is 1. The lowest BCUT2D eigenvalue weighted by atomic mass is 10.2. The topological polar surface area (TPSA) is 123 Å². The fraction of sp³-hybridized carbons (Fsp3) is 0. The lowest BCUT2D eigenvalue weighted by Crippen LogP contribution is -2.07. The van der Waals surface area contributed by atoms with Crippen LogP contribution < -0.4 is 5.32 Å². The number of amides is 1. The van der Waals surface area contributed by atoms with E-state index in [4.69, 9.17) is 0 Å². The summed E-state index contributed by atoms with van der Waals surface area (Å²) in [6.07, 6.45) is 6.37. The summed E-state index contributed by atoms with van der Waals surface area (Å²) in [5, 5.41) is 24.1. The van der Waals surface area contributed by atoms with Crippen molar-refractivity contribution >= 4 is 34.4 Å². The van der Waals surface area contributed by atoms with E-state index in [0.717, 1.165) is 10.3 Å². The number of imidazole rings is 1. The van der Waals surface area contributed by atoms with E-state index >= 15 is 0 Å². The molecule has 0 aliphatic heterocycles. The summed E-state index contributed by atoms with van der Waals surface area (Å²) in [6.45, 7) is 0. The third kappa shape index (κ3) is 3.85. The zero-order valence-electron chi connectivity index (χ0n) is 15.5. The highest BCUT2D eigenvalue weighted by atomic mass is 16.6. The molecule has 0 aliphatic carbocycles. The molecular formula is C21H15N5O4. The van der Waals surface area contributed by atoms with Gasteiger partial charge in [-0.05, 0) is 48.0 Å². The number of non-ortho nitro benzene ring substituents is 1. The molecule has 0 aliphatic rings. The molecule has 2 N–H and O–H groups in total. The quantitative estimate of drug-likeness (QED) is 0.226. The van der Waals surface area contributed by atoms with Crippen molar-refractivity contribution in [3.63, 3.8) is 0 Å². The first-order valence-electron chi connectivity index (χ1n) is 8.87. The molecule has 30 heavy (non-hydrogen) atoms. The largest absolute Gasteiger partial charge is 0.426 e. The molecule has 148 valence electrons. The van der Waals surface area contributed by atoms with E-state index in [1.54, 1.807) is 48.8 Å². The van der Waals surface area contributed by atoms with Crippen molar-refractivity contribution in [2.45, 2.75) is 0 Å². The normalized spacial score (nSPS) is 11.1. The molecule has 9 nitrogen and oxygen atoms in total. The van der Waals surface area contributed by atoms with Gasteiger partial charge >= 0.3 is 0 Å². The molecule has 1 amide bonds. The van der Waals surface area contributed by atoms with E-state index in [0.29, 0.717) is 16.8 Å². The third-order valence-electron chi connectivity index (χ3n) is 4.35. The van der Waals surface area contributed by atoms with E-state index < -0.39 is 4.92 Å². The second-order valence-corrected chi connectivity index (χ2v) is 6.36. The van der Waals surface area contributed by atoms with Crippen LogP contribution in [0.25, 0.3) is 28.5 Å². The molecule has 0 unspecified atom stereocenters. The number of aromatic nitrogens is 3. The molecule has 0 saturated heterocycles. The molecule has 0 saturated carbocycles. The van der Waals surface area contributed by atoms with Crippen molar-refractivity contribution in [3.8, 4) is 11.4 Å². The Morgan fingerprint density at radius 3 is 2.67 bits per heavy atom. The van der Waals surface area contributed by atoms with E-state index in [1.807, 2.05) is 6.07 Å². The molecule has 2 aromatic carbocycles. The number of benzene rings is 2. The first-order chi connectivity index (χ1) is 14.5. The Morgan fingerprint density at radius 2 is 1.97 bits per heavy atom. The van der Waals surface area contributed by atoms with E-state index in [9.17, 15) is 20.1 Å². The van der Waals surface area contributed by atoms with Crippen LogP contribution in [-0.2, 0) is 4.79 Å². The van der Waals surface area contributed by atoms with Crippen LogP contribution in [0.2, 0.25) is 0 Å². The molecule has 0 bridgehead atoms. The second kappa shape index (κ2) is 7.84. The first-order valence-corrected chi connectivity index (χ1v) is 8.87. The molecule has 0 spiro atoms. The average Bonchev–Trinajstić information content (AvgIpc) is 3.09. The summed E-state index contributed by atoms with van der Waals surface area (Å²) in [5.41, 5.74) is 2.48. The fourth-order valence-corrected chi connectivity index (χ4v) is 2.88. The number of carbonyl (C=O) groups is 1. The SMILES string of the molecule is O=C(/C=C/c1cccnc1)Nc1ccc(-c2nc3ccc([N+](=O)[O-])cc3n2O)cc1. The molecule has 2 aromatic heterocycles. The minimum Gasteiger partial charge on any atom is -0.426 e. The number of nitro benzene ring substituents is 1. The monoisotopic (exact) mass is 401 g/mol. The highest BCUT2D eigenvalue weighted by molar-refractivity contribution is 6.02. The number of nitrogens with zero attached hydrogens (tertiary/aromatic N) is 4. The van der Waals surface area contributed by atoms with Crippen molar-refractivity contribution in [2.75, 3.05) is 5.32 Å². The summed E-state index contributed by atoms with van der Waals surface area (Å²) in [7, 11) is 0. The fourth-order valence-electron chi connectivity index (χ4n) is 2.88. The van der Waals surface area contributed by atoms with Gasteiger partial charge in [0.15, 0.2) is 5.82 Å². The summed E-state index contributed by atoms with van der Waals surface area (Å²) in [5.74, 6) is -0.0619.